The fourth-order valence-corrected chi connectivity index (χ4v) is 3.47. The molecule has 0 bridgehead atoms. The number of anilines is 2. The van der Waals surface area contributed by atoms with E-state index in [2.05, 4.69) is 0 Å². The van der Waals surface area contributed by atoms with Gasteiger partial charge in [0.15, 0.2) is 0 Å². The highest BCUT2D eigenvalue weighted by Gasteiger charge is 2.35. The van der Waals surface area contributed by atoms with E-state index in [1.54, 1.807) is 18.2 Å². The van der Waals surface area contributed by atoms with Crippen LogP contribution >= 0.6 is 11.8 Å². The molecule has 3 rings (SSSR count). The molecule has 2 aromatic rings. The highest BCUT2D eigenvalue weighted by molar-refractivity contribution is 8.00. The highest BCUT2D eigenvalue weighted by Crippen LogP contribution is 2.42. The van der Waals surface area contributed by atoms with E-state index in [4.69, 9.17) is 5.73 Å². The van der Waals surface area contributed by atoms with Gasteiger partial charge in [0, 0.05) is 11.8 Å². The van der Waals surface area contributed by atoms with Crippen LogP contribution in [0.1, 0.15) is 10.9 Å². The molecule has 1 unspecified atom stereocenters. The Balaban J connectivity index is 2.06. The molecule has 1 atom stereocenters. The molecule has 1 saturated heterocycles. The lowest BCUT2D eigenvalue weighted by molar-refractivity contribution is -0.115. The second-order valence-corrected chi connectivity index (χ2v) is 5.76. The second-order valence-electron chi connectivity index (χ2n) is 4.69. The maximum atomic E-state index is 14.0. The van der Waals surface area contributed by atoms with E-state index in [9.17, 15) is 13.6 Å². The number of carbonyl (C=O) groups is 1. The van der Waals surface area contributed by atoms with Crippen molar-refractivity contribution in [2.24, 2.45) is 0 Å². The average Bonchev–Trinajstić information content (AvgIpc) is 2.83. The summed E-state index contributed by atoms with van der Waals surface area (Å²) in [5, 5.41) is -0.405. The molecule has 108 valence electrons. The van der Waals surface area contributed by atoms with Crippen LogP contribution in [-0.4, -0.2) is 11.7 Å². The zero-order valence-corrected chi connectivity index (χ0v) is 11.7. The summed E-state index contributed by atoms with van der Waals surface area (Å²) in [6.07, 6.45) is 0. The molecule has 3 nitrogen and oxygen atoms in total. The maximum absolute atomic E-state index is 14.0. The van der Waals surface area contributed by atoms with E-state index in [1.165, 1.54) is 16.7 Å². The van der Waals surface area contributed by atoms with Gasteiger partial charge in [-0.3, -0.25) is 9.69 Å². The summed E-state index contributed by atoms with van der Waals surface area (Å²) in [5.74, 6) is -1.24. The van der Waals surface area contributed by atoms with Gasteiger partial charge in [-0.15, -0.1) is 11.8 Å². The summed E-state index contributed by atoms with van der Waals surface area (Å²) in [6.45, 7) is 0. The van der Waals surface area contributed by atoms with Gasteiger partial charge in [-0.1, -0.05) is 12.1 Å². The summed E-state index contributed by atoms with van der Waals surface area (Å²) in [5.41, 5.74) is 7.06. The molecule has 0 aromatic heterocycles. The lowest BCUT2D eigenvalue weighted by Gasteiger charge is -2.25. The van der Waals surface area contributed by atoms with E-state index in [0.29, 0.717) is 5.69 Å². The molecule has 2 aromatic carbocycles. The summed E-state index contributed by atoms with van der Waals surface area (Å²) in [7, 11) is 0. The first-order valence-electron chi connectivity index (χ1n) is 6.30. The lowest BCUT2D eigenvalue weighted by Crippen LogP contribution is -2.28. The zero-order valence-electron chi connectivity index (χ0n) is 10.9. The van der Waals surface area contributed by atoms with E-state index >= 15 is 0 Å². The Bertz CT molecular complexity index is 708. The van der Waals surface area contributed by atoms with Gasteiger partial charge in [0.05, 0.1) is 11.4 Å². The molecule has 21 heavy (non-hydrogen) atoms. The van der Waals surface area contributed by atoms with Crippen LogP contribution in [-0.2, 0) is 4.79 Å². The van der Waals surface area contributed by atoms with Gasteiger partial charge < -0.3 is 5.73 Å². The number of benzene rings is 2. The van der Waals surface area contributed by atoms with Gasteiger partial charge in [0.2, 0.25) is 5.91 Å². The van der Waals surface area contributed by atoms with Crippen LogP contribution in [0.3, 0.4) is 0 Å². The molecule has 1 heterocycles. The normalized spacial score (nSPS) is 18.3. The van der Waals surface area contributed by atoms with Crippen LogP contribution in [0.25, 0.3) is 0 Å². The third-order valence-electron chi connectivity index (χ3n) is 3.23. The highest BCUT2D eigenvalue weighted by atomic mass is 32.2. The van der Waals surface area contributed by atoms with Crippen molar-refractivity contribution in [1.82, 2.24) is 0 Å². The smallest absolute Gasteiger partial charge is 0.238 e. The first-order chi connectivity index (χ1) is 10.1. The van der Waals surface area contributed by atoms with Crippen molar-refractivity contribution in [3.05, 3.63) is 59.7 Å². The number of carbonyl (C=O) groups excluding carboxylic acids is 1. The Labute approximate surface area is 124 Å². The van der Waals surface area contributed by atoms with Crippen molar-refractivity contribution in [2.45, 2.75) is 5.37 Å². The Morgan fingerprint density at radius 3 is 2.76 bits per heavy atom. The molecular weight excluding hydrogens is 294 g/mol. The number of hydrogen-bond donors (Lipinski definition) is 1. The minimum Gasteiger partial charge on any atom is -0.399 e. The van der Waals surface area contributed by atoms with Gasteiger partial charge in [0.1, 0.15) is 17.0 Å². The van der Waals surface area contributed by atoms with E-state index < -0.39 is 17.0 Å². The Morgan fingerprint density at radius 1 is 1.19 bits per heavy atom. The molecule has 1 fully saturated rings. The number of amides is 1. The van der Waals surface area contributed by atoms with Crippen LogP contribution < -0.4 is 10.6 Å². The topological polar surface area (TPSA) is 46.3 Å². The van der Waals surface area contributed by atoms with Crippen molar-refractivity contribution < 1.29 is 13.6 Å². The quantitative estimate of drug-likeness (QED) is 0.866. The molecule has 1 amide bonds. The Hall–Kier alpha value is -2.08. The molecule has 0 aliphatic carbocycles. The first-order valence-corrected chi connectivity index (χ1v) is 7.35. The predicted octanol–water partition coefficient (Wildman–Crippen LogP) is 3.33. The number of nitrogens with zero attached hydrogens (tertiary/aromatic N) is 1. The second kappa shape index (κ2) is 5.37. The number of nitrogens with two attached hydrogens (primary N) is 1. The van der Waals surface area contributed by atoms with Gasteiger partial charge >= 0.3 is 0 Å². The van der Waals surface area contributed by atoms with Gasteiger partial charge in [0.25, 0.3) is 0 Å². The minimum absolute atomic E-state index is 0.0441. The van der Waals surface area contributed by atoms with E-state index in [1.807, 2.05) is 6.07 Å². The van der Waals surface area contributed by atoms with Crippen LogP contribution in [0.2, 0.25) is 0 Å². The fourth-order valence-electron chi connectivity index (χ4n) is 2.31. The Morgan fingerprint density at radius 2 is 2.00 bits per heavy atom. The summed E-state index contributed by atoms with van der Waals surface area (Å²) in [4.78, 5) is 13.4. The molecule has 0 saturated carbocycles. The van der Waals surface area contributed by atoms with E-state index in [-0.39, 0.29) is 17.3 Å². The standard InChI is InChI=1S/C15H12F2N2OS/c16-10-4-5-12(17)13(7-10)19-14(20)8-21-15(19)9-2-1-3-11(18)6-9/h1-7,15H,8,18H2. The third kappa shape index (κ3) is 2.58. The number of rotatable bonds is 2. The Kier molecular flexibility index (Phi) is 3.55. The lowest BCUT2D eigenvalue weighted by atomic mass is 10.1. The molecule has 0 radical (unpaired) electrons. The van der Waals surface area contributed by atoms with Gasteiger partial charge in [-0.05, 0) is 29.8 Å². The zero-order chi connectivity index (χ0) is 15.0. The fraction of sp³-hybridized carbons (Fsp3) is 0.133. The molecule has 1 aliphatic rings. The molecule has 1 aliphatic heterocycles. The van der Waals surface area contributed by atoms with Crippen LogP contribution in [0, 0.1) is 11.6 Å². The van der Waals surface area contributed by atoms with Crippen molar-refractivity contribution in [3.63, 3.8) is 0 Å². The summed E-state index contributed by atoms with van der Waals surface area (Å²) >= 11 is 1.36. The molecular formula is C15H12F2N2OS. The van der Waals surface area contributed by atoms with Crippen LogP contribution in [0.4, 0.5) is 20.2 Å². The third-order valence-corrected chi connectivity index (χ3v) is 4.44. The first kappa shape index (κ1) is 13.9. The number of thioether (sulfide) groups is 1. The number of halogens is 2. The maximum Gasteiger partial charge on any atom is 0.238 e. The van der Waals surface area contributed by atoms with Crippen LogP contribution in [0.5, 0.6) is 0 Å². The van der Waals surface area contributed by atoms with Crippen molar-refractivity contribution in [3.8, 4) is 0 Å². The predicted molar refractivity (Wildman–Crippen MR) is 79.9 cm³/mol. The molecule has 0 spiro atoms. The summed E-state index contributed by atoms with van der Waals surface area (Å²) < 4.78 is 27.4. The molecule has 6 heteroatoms. The van der Waals surface area contributed by atoms with Crippen LogP contribution in [0.15, 0.2) is 42.5 Å². The number of hydrogen-bond acceptors (Lipinski definition) is 3. The molecule has 2 N–H and O–H groups in total. The number of nitrogen functional groups attached to an aromatic ring is 1. The summed E-state index contributed by atoms with van der Waals surface area (Å²) in [6, 6.07) is 10.2. The van der Waals surface area contributed by atoms with Gasteiger partial charge in [-0.25, -0.2) is 8.78 Å². The van der Waals surface area contributed by atoms with Crippen molar-refractivity contribution in [1.29, 1.82) is 0 Å². The average molecular weight is 306 g/mol. The largest absolute Gasteiger partial charge is 0.399 e. The SMILES string of the molecule is Nc1cccc(C2SCC(=O)N2c2cc(F)ccc2F)c1. The monoisotopic (exact) mass is 306 g/mol. The van der Waals surface area contributed by atoms with Crippen molar-refractivity contribution >= 4 is 29.0 Å². The van der Waals surface area contributed by atoms with Gasteiger partial charge in [-0.2, -0.15) is 0 Å². The van der Waals surface area contributed by atoms with E-state index in [0.717, 1.165) is 23.8 Å². The minimum atomic E-state index is -0.624. The van der Waals surface area contributed by atoms with Crippen molar-refractivity contribution in [2.75, 3.05) is 16.4 Å².